The predicted octanol–water partition coefficient (Wildman–Crippen LogP) is 2.54. The first-order valence-electron chi connectivity index (χ1n) is 4.89. The molecule has 0 atom stereocenters. The highest BCUT2D eigenvalue weighted by Gasteiger charge is 2.19. The smallest absolute Gasteiger partial charge is 0.166 e. The molecule has 0 bridgehead atoms. The van der Waals surface area contributed by atoms with E-state index < -0.39 is 0 Å². The van der Waals surface area contributed by atoms with E-state index in [9.17, 15) is 4.79 Å². The molecule has 0 N–H and O–H groups in total. The zero-order chi connectivity index (χ0) is 9.71. The topological polar surface area (TPSA) is 22.0 Å². The fraction of sp³-hybridized carbons (Fsp3) is 0.250. The van der Waals surface area contributed by atoms with Crippen molar-refractivity contribution in [3.05, 3.63) is 35.5 Å². The number of hydrogen-bond acceptors (Lipinski definition) is 1. The molecule has 0 fully saturated rings. The third-order valence-corrected chi connectivity index (χ3v) is 3.02. The Bertz CT molecular complexity index is 536. The van der Waals surface area contributed by atoms with Crippen LogP contribution in [0.5, 0.6) is 0 Å². The maximum absolute atomic E-state index is 11.7. The molecule has 0 amide bonds. The third-order valence-electron chi connectivity index (χ3n) is 3.02. The lowest BCUT2D eigenvalue weighted by Gasteiger charge is -2.15. The second-order valence-corrected chi connectivity index (χ2v) is 3.87. The number of aromatic nitrogens is 1. The molecule has 2 heteroatoms. The second kappa shape index (κ2) is 2.47. The second-order valence-electron chi connectivity index (χ2n) is 3.87. The van der Waals surface area contributed by atoms with E-state index >= 15 is 0 Å². The van der Waals surface area contributed by atoms with E-state index in [1.165, 1.54) is 10.9 Å². The minimum absolute atomic E-state index is 0.279. The summed E-state index contributed by atoms with van der Waals surface area (Å²) in [4.78, 5) is 11.7. The zero-order valence-electron chi connectivity index (χ0n) is 8.08. The number of aryl methyl sites for hydroxylation is 2. The van der Waals surface area contributed by atoms with Crippen LogP contribution < -0.4 is 0 Å². The Hall–Kier alpha value is -1.57. The average Bonchev–Trinajstić information content (AvgIpc) is 2.60. The number of carbonyl (C=O) groups is 1. The molecule has 3 rings (SSSR count). The van der Waals surface area contributed by atoms with Gasteiger partial charge in [0.1, 0.15) is 0 Å². The van der Waals surface area contributed by atoms with Crippen molar-refractivity contribution in [1.29, 1.82) is 0 Å². The molecule has 2 nitrogen and oxygen atoms in total. The highest BCUT2D eigenvalue weighted by atomic mass is 16.1. The molecule has 0 spiro atoms. The highest BCUT2D eigenvalue weighted by molar-refractivity contribution is 6.09. The van der Waals surface area contributed by atoms with Crippen LogP contribution in [0.1, 0.15) is 22.3 Å². The molecule has 70 valence electrons. The van der Waals surface area contributed by atoms with Gasteiger partial charge in [0.15, 0.2) is 5.78 Å². The van der Waals surface area contributed by atoms with Gasteiger partial charge in [0.25, 0.3) is 0 Å². The maximum atomic E-state index is 11.7. The van der Waals surface area contributed by atoms with Crippen LogP contribution >= 0.6 is 0 Å². The largest absolute Gasteiger partial charge is 0.346 e. The van der Waals surface area contributed by atoms with E-state index in [0.29, 0.717) is 6.42 Å². The summed E-state index contributed by atoms with van der Waals surface area (Å²) >= 11 is 0. The molecule has 0 saturated heterocycles. The summed E-state index contributed by atoms with van der Waals surface area (Å²) in [6, 6.07) is 6.09. The standard InChI is InChI=1S/C12H11NO/c1-8-2-3-10-11(14)5-7-13-6-4-9(8)12(10)13/h2-4,6H,5,7H2,1H3. The van der Waals surface area contributed by atoms with E-state index in [0.717, 1.165) is 17.6 Å². The first-order valence-corrected chi connectivity index (χ1v) is 4.89. The SMILES string of the molecule is Cc1ccc2c3c1ccn3CCC2=O. The van der Waals surface area contributed by atoms with Gasteiger partial charge in [-0.1, -0.05) is 6.07 Å². The van der Waals surface area contributed by atoms with Gasteiger partial charge in [0.05, 0.1) is 5.52 Å². The normalized spacial score (nSPS) is 15.1. The summed E-state index contributed by atoms with van der Waals surface area (Å²) in [5.74, 6) is 0.279. The van der Waals surface area contributed by atoms with Crippen LogP contribution in [0.25, 0.3) is 10.9 Å². The van der Waals surface area contributed by atoms with Crippen molar-refractivity contribution < 1.29 is 4.79 Å². The van der Waals surface area contributed by atoms with Crippen LogP contribution in [0.4, 0.5) is 0 Å². The predicted molar refractivity (Wildman–Crippen MR) is 55.6 cm³/mol. The van der Waals surface area contributed by atoms with Crippen molar-refractivity contribution in [2.45, 2.75) is 19.9 Å². The number of rotatable bonds is 0. The maximum Gasteiger partial charge on any atom is 0.166 e. The highest BCUT2D eigenvalue weighted by Crippen LogP contribution is 2.28. The summed E-state index contributed by atoms with van der Waals surface area (Å²) in [5.41, 5.74) is 3.26. The van der Waals surface area contributed by atoms with Crippen LogP contribution in [-0.4, -0.2) is 10.4 Å². The van der Waals surface area contributed by atoms with Crippen molar-refractivity contribution >= 4 is 16.7 Å². The fourth-order valence-corrected chi connectivity index (χ4v) is 2.24. The molecule has 0 aliphatic carbocycles. The van der Waals surface area contributed by atoms with Gasteiger partial charge in [-0.3, -0.25) is 4.79 Å². The fourth-order valence-electron chi connectivity index (χ4n) is 2.24. The minimum Gasteiger partial charge on any atom is -0.346 e. The monoisotopic (exact) mass is 185 g/mol. The van der Waals surface area contributed by atoms with Gasteiger partial charge in [-0.05, 0) is 24.6 Å². The molecule has 1 aromatic carbocycles. The van der Waals surface area contributed by atoms with Gasteiger partial charge in [-0.15, -0.1) is 0 Å². The number of ketones is 1. The number of benzene rings is 1. The van der Waals surface area contributed by atoms with Crippen LogP contribution in [0.2, 0.25) is 0 Å². The Morgan fingerprint density at radius 3 is 3.00 bits per heavy atom. The van der Waals surface area contributed by atoms with Crippen LogP contribution in [0, 0.1) is 6.92 Å². The molecule has 0 radical (unpaired) electrons. The van der Waals surface area contributed by atoms with Crippen molar-refractivity contribution in [3.8, 4) is 0 Å². The lowest BCUT2D eigenvalue weighted by molar-refractivity contribution is 0.0973. The average molecular weight is 185 g/mol. The summed E-state index contributed by atoms with van der Waals surface area (Å²) in [7, 11) is 0. The van der Waals surface area contributed by atoms with E-state index in [1.807, 2.05) is 12.1 Å². The Morgan fingerprint density at radius 2 is 2.14 bits per heavy atom. The molecular formula is C12H11NO. The number of carbonyl (C=O) groups excluding carboxylic acids is 1. The first kappa shape index (κ1) is 7.80. The Balaban J connectivity index is 2.52. The molecule has 0 saturated carbocycles. The number of nitrogens with zero attached hydrogens (tertiary/aromatic N) is 1. The summed E-state index contributed by atoms with van der Waals surface area (Å²) in [6.07, 6.45) is 2.72. The summed E-state index contributed by atoms with van der Waals surface area (Å²) < 4.78 is 2.18. The molecule has 2 heterocycles. The lowest BCUT2D eigenvalue weighted by atomic mass is 10.00. The van der Waals surface area contributed by atoms with Gasteiger partial charge >= 0.3 is 0 Å². The van der Waals surface area contributed by atoms with Crippen molar-refractivity contribution in [2.75, 3.05) is 0 Å². The molecular weight excluding hydrogens is 174 g/mol. The zero-order valence-corrected chi connectivity index (χ0v) is 8.08. The van der Waals surface area contributed by atoms with E-state index in [1.54, 1.807) is 0 Å². The van der Waals surface area contributed by atoms with Gasteiger partial charge in [0, 0.05) is 30.1 Å². The first-order chi connectivity index (χ1) is 6.77. The number of hydrogen-bond donors (Lipinski definition) is 0. The van der Waals surface area contributed by atoms with Crippen LogP contribution in [-0.2, 0) is 6.54 Å². The Morgan fingerprint density at radius 1 is 1.29 bits per heavy atom. The van der Waals surface area contributed by atoms with Crippen LogP contribution in [0.15, 0.2) is 24.4 Å². The van der Waals surface area contributed by atoms with Crippen LogP contribution in [0.3, 0.4) is 0 Å². The molecule has 14 heavy (non-hydrogen) atoms. The van der Waals surface area contributed by atoms with Gasteiger partial charge in [-0.25, -0.2) is 0 Å². The molecule has 1 aliphatic heterocycles. The molecule has 1 aliphatic rings. The van der Waals surface area contributed by atoms with E-state index in [4.69, 9.17) is 0 Å². The van der Waals surface area contributed by atoms with Crippen molar-refractivity contribution in [2.24, 2.45) is 0 Å². The van der Waals surface area contributed by atoms with Gasteiger partial charge in [-0.2, -0.15) is 0 Å². The van der Waals surface area contributed by atoms with E-state index in [-0.39, 0.29) is 5.78 Å². The quantitative estimate of drug-likeness (QED) is 0.618. The number of Topliss-reactive ketones (excluding diaryl/α,β-unsaturated/α-hetero) is 1. The molecule has 2 aromatic rings. The summed E-state index contributed by atoms with van der Waals surface area (Å²) in [6.45, 7) is 2.92. The van der Waals surface area contributed by atoms with Crippen molar-refractivity contribution in [1.82, 2.24) is 4.57 Å². The molecule has 1 aromatic heterocycles. The minimum atomic E-state index is 0.279. The summed E-state index contributed by atoms with van der Waals surface area (Å²) in [5, 5.41) is 1.22. The molecule has 0 unspecified atom stereocenters. The van der Waals surface area contributed by atoms with E-state index in [2.05, 4.69) is 23.8 Å². The Labute approximate surface area is 82.1 Å². The third kappa shape index (κ3) is 0.830. The van der Waals surface area contributed by atoms with Gasteiger partial charge < -0.3 is 4.57 Å². The van der Waals surface area contributed by atoms with Gasteiger partial charge in [0.2, 0.25) is 0 Å². The lowest BCUT2D eigenvalue weighted by Crippen LogP contribution is -2.13. The van der Waals surface area contributed by atoms with Crippen molar-refractivity contribution in [3.63, 3.8) is 0 Å². The Kier molecular flexibility index (Phi) is 1.38.